The van der Waals surface area contributed by atoms with Gasteiger partial charge in [0.05, 0.1) is 18.9 Å². The van der Waals surface area contributed by atoms with E-state index < -0.39 is 17.9 Å². The van der Waals surface area contributed by atoms with Crippen molar-refractivity contribution in [2.75, 3.05) is 13.2 Å². The first-order valence-electron chi connectivity index (χ1n) is 7.27. The molecule has 0 saturated heterocycles. The molecule has 1 atom stereocenters. The van der Waals surface area contributed by atoms with Crippen LogP contribution in [0.4, 0.5) is 0 Å². The Morgan fingerprint density at radius 3 is 2.55 bits per heavy atom. The predicted octanol–water partition coefficient (Wildman–Crippen LogP) is 2.53. The summed E-state index contributed by atoms with van der Waals surface area (Å²) in [5.74, 6) is -2.30. The lowest BCUT2D eigenvalue weighted by molar-refractivity contribution is -0.151. The van der Waals surface area contributed by atoms with Gasteiger partial charge < -0.3 is 14.9 Å². The SMILES string of the molecule is CCCCCCC=CC(CC(=O)O)C(=O)OCCCO. The number of aliphatic carboxylic acids is 1. The van der Waals surface area contributed by atoms with E-state index in [-0.39, 0.29) is 19.6 Å². The van der Waals surface area contributed by atoms with Gasteiger partial charge >= 0.3 is 11.9 Å². The van der Waals surface area contributed by atoms with Crippen LogP contribution in [0.15, 0.2) is 12.2 Å². The monoisotopic (exact) mass is 286 g/mol. The molecule has 0 heterocycles. The molecular weight excluding hydrogens is 260 g/mol. The minimum atomic E-state index is -1.02. The van der Waals surface area contributed by atoms with E-state index >= 15 is 0 Å². The van der Waals surface area contributed by atoms with E-state index in [0.29, 0.717) is 6.42 Å². The second kappa shape index (κ2) is 12.7. The highest BCUT2D eigenvalue weighted by Crippen LogP contribution is 2.11. The van der Waals surface area contributed by atoms with Crippen LogP contribution in [-0.2, 0) is 14.3 Å². The van der Waals surface area contributed by atoms with Gasteiger partial charge in [0, 0.05) is 13.0 Å². The fourth-order valence-corrected chi connectivity index (χ4v) is 1.71. The quantitative estimate of drug-likeness (QED) is 0.327. The fourth-order valence-electron chi connectivity index (χ4n) is 1.71. The number of carbonyl (C=O) groups excluding carboxylic acids is 1. The Labute approximate surface area is 120 Å². The number of rotatable bonds is 12. The Morgan fingerprint density at radius 1 is 1.20 bits per heavy atom. The Morgan fingerprint density at radius 2 is 1.95 bits per heavy atom. The largest absolute Gasteiger partial charge is 0.481 e. The number of hydrogen-bond acceptors (Lipinski definition) is 4. The molecule has 0 amide bonds. The number of allylic oxidation sites excluding steroid dienone is 1. The summed E-state index contributed by atoms with van der Waals surface area (Å²) in [6.45, 7) is 2.21. The van der Waals surface area contributed by atoms with E-state index in [4.69, 9.17) is 14.9 Å². The number of esters is 1. The second-order valence-corrected chi connectivity index (χ2v) is 4.73. The smallest absolute Gasteiger partial charge is 0.313 e. The third kappa shape index (κ3) is 10.6. The van der Waals surface area contributed by atoms with Crippen LogP contribution in [0.2, 0.25) is 0 Å². The molecule has 2 N–H and O–H groups in total. The maximum absolute atomic E-state index is 11.7. The Balaban J connectivity index is 4.15. The summed E-state index contributed by atoms with van der Waals surface area (Å²) in [6.07, 6.45) is 8.99. The van der Waals surface area contributed by atoms with Crippen molar-refractivity contribution in [2.45, 2.75) is 51.9 Å². The van der Waals surface area contributed by atoms with E-state index in [1.807, 2.05) is 6.08 Å². The highest BCUT2D eigenvalue weighted by Gasteiger charge is 2.20. The van der Waals surface area contributed by atoms with E-state index in [2.05, 4.69) is 6.92 Å². The summed E-state index contributed by atoms with van der Waals surface area (Å²) in [7, 11) is 0. The van der Waals surface area contributed by atoms with Crippen LogP contribution in [0.25, 0.3) is 0 Å². The first-order chi connectivity index (χ1) is 9.61. The van der Waals surface area contributed by atoms with E-state index in [1.54, 1.807) is 6.08 Å². The molecule has 0 fully saturated rings. The zero-order valence-electron chi connectivity index (χ0n) is 12.2. The highest BCUT2D eigenvalue weighted by atomic mass is 16.5. The van der Waals surface area contributed by atoms with Crippen molar-refractivity contribution in [3.8, 4) is 0 Å². The molecule has 116 valence electrons. The number of carboxylic acids is 1. The van der Waals surface area contributed by atoms with Crippen LogP contribution in [-0.4, -0.2) is 35.4 Å². The van der Waals surface area contributed by atoms with E-state index in [0.717, 1.165) is 19.3 Å². The molecule has 0 aromatic carbocycles. The lowest BCUT2D eigenvalue weighted by Gasteiger charge is -2.10. The van der Waals surface area contributed by atoms with Crippen LogP contribution in [0.3, 0.4) is 0 Å². The number of carboxylic acid groups (broad SMARTS) is 1. The molecule has 0 rings (SSSR count). The molecule has 1 unspecified atom stereocenters. The van der Waals surface area contributed by atoms with Crippen molar-refractivity contribution in [2.24, 2.45) is 5.92 Å². The number of aliphatic hydroxyl groups is 1. The van der Waals surface area contributed by atoms with Gasteiger partial charge in [0.25, 0.3) is 0 Å². The van der Waals surface area contributed by atoms with Crippen LogP contribution in [0, 0.1) is 5.92 Å². The standard InChI is InChI=1S/C15H26O5/c1-2-3-4-5-6-7-9-13(12-14(17)18)15(19)20-11-8-10-16/h7,9,13,16H,2-6,8,10-12H2,1H3,(H,17,18). The molecule has 0 bridgehead atoms. The lowest BCUT2D eigenvalue weighted by atomic mass is 10.0. The first kappa shape index (κ1) is 18.6. The second-order valence-electron chi connectivity index (χ2n) is 4.73. The third-order valence-electron chi connectivity index (χ3n) is 2.84. The summed E-state index contributed by atoms with van der Waals surface area (Å²) < 4.78 is 4.93. The number of carbonyl (C=O) groups is 2. The summed E-state index contributed by atoms with van der Waals surface area (Å²) in [5, 5.41) is 17.4. The number of aliphatic hydroxyl groups excluding tert-OH is 1. The molecule has 0 aliphatic carbocycles. The van der Waals surface area contributed by atoms with Crippen molar-refractivity contribution >= 4 is 11.9 Å². The topological polar surface area (TPSA) is 83.8 Å². The summed E-state index contributed by atoms with van der Waals surface area (Å²) in [4.78, 5) is 22.4. The van der Waals surface area contributed by atoms with Crippen LogP contribution < -0.4 is 0 Å². The maximum Gasteiger partial charge on any atom is 0.313 e. The third-order valence-corrected chi connectivity index (χ3v) is 2.84. The Kier molecular flexibility index (Phi) is 11.8. The Bertz CT molecular complexity index is 299. The van der Waals surface area contributed by atoms with Gasteiger partial charge in [-0.05, 0) is 12.8 Å². The van der Waals surface area contributed by atoms with Gasteiger partial charge in [-0.3, -0.25) is 9.59 Å². The van der Waals surface area contributed by atoms with Crippen molar-refractivity contribution in [1.29, 1.82) is 0 Å². The number of hydrogen-bond donors (Lipinski definition) is 2. The zero-order valence-corrected chi connectivity index (χ0v) is 12.2. The van der Waals surface area contributed by atoms with Crippen molar-refractivity contribution in [3.05, 3.63) is 12.2 Å². The molecule has 5 nitrogen and oxygen atoms in total. The normalized spacial score (nSPS) is 12.5. The number of ether oxygens (including phenoxy) is 1. The van der Waals surface area contributed by atoms with Gasteiger partial charge in [-0.25, -0.2) is 0 Å². The minimum absolute atomic E-state index is 0.0514. The Hall–Kier alpha value is -1.36. The van der Waals surface area contributed by atoms with Crippen molar-refractivity contribution in [3.63, 3.8) is 0 Å². The molecule has 0 spiro atoms. The van der Waals surface area contributed by atoms with Gasteiger partial charge in [-0.2, -0.15) is 0 Å². The molecule has 0 aliphatic heterocycles. The minimum Gasteiger partial charge on any atom is -0.481 e. The fraction of sp³-hybridized carbons (Fsp3) is 0.733. The molecule has 0 aromatic rings. The maximum atomic E-state index is 11.7. The van der Waals surface area contributed by atoms with E-state index in [1.165, 1.54) is 12.8 Å². The molecule has 0 aliphatic rings. The van der Waals surface area contributed by atoms with Crippen molar-refractivity contribution < 1.29 is 24.5 Å². The summed E-state index contributed by atoms with van der Waals surface area (Å²) in [6, 6.07) is 0. The predicted molar refractivity (Wildman–Crippen MR) is 76.3 cm³/mol. The van der Waals surface area contributed by atoms with E-state index in [9.17, 15) is 9.59 Å². The molecular formula is C15H26O5. The van der Waals surface area contributed by atoms with Crippen LogP contribution in [0.5, 0.6) is 0 Å². The van der Waals surface area contributed by atoms with Crippen LogP contribution in [0.1, 0.15) is 51.9 Å². The molecule has 5 heteroatoms. The average molecular weight is 286 g/mol. The molecule has 0 radical (unpaired) electrons. The van der Waals surface area contributed by atoms with Crippen molar-refractivity contribution in [1.82, 2.24) is 0 Å². The van der Waals surface area contributed by atoms with Gasteiger partial charge in [0.2, 0.25) is 0 Å². The highest BCUT2D eigenvalue weighted by molar-refractivity contribution is 5.80. The lowest BCUT2D eigenvalue weighted by Crippen LogP contribution is -2.20. The van der Waals surface area contributed by atoms with Crippen LogP contribution >= 0.6 is 0 Å². The molecule has 0 aromatic heterocycles. The van der Waals surface area contributed by atoms with Gasteiger partial charge in [0.1, 0.15) is 0 Å². The average Bonchev–Trinajstić information content (AvgIpc) is 2.41. The molecule has 20 heavy (non-hydrogen) atoms. The summed E-state index contributed by atoms with van der Waals surface area (Å²) >= 11 is 0. The molecule has 0 saturated carbocycles. The van der Waals surface area contributed by atoms with Gasteiger partial charge in [-0.15, -0.1) is 0 Å². The number of unbranched alkanes of at least 4 members (excludes halogenated alkanes) is 4. The zero-order chi connectivity index (χ0) is 15.2. The van der Waals surface area contributed by atoms with Gasteiger partial charge in [-0.1, -0.05) is 38.3 Å². The van der Waals surface area contributed by atoms with Gasteiger partial charge in [0.15, 0.2) is 0 Å². The first-order valence-corrected chi connectivity index (χ1v) is 7.27. The summed E-state index contributed by atoms with van der Waals surface area (Å²) in [5.41, 5.74) is 0.